The fourth-order valence-corrected chi connectivity index (χ4v) is 8.01. The first kappa shape index (κ1) is 23.8. The third-order valence-electron chi connectivity index (χ3n) is 9.92. The second-order valence-corrected chi connectivity index (χ2v) is 12.4. The highest BCUT2D eigenvalue weighted by molar-refractivity contribution is 6.24. The summed E-state index contributed by atoms with van der Waals surface area (Å²) in [6.45, 7) is 5.78. The third kappa shape index (κ3) is 3.09. The Labute approximate surface area is 246 Å². The summed E-state index contributed by atoms with van der Waals surface area (Å²) in [5.41, 5.74) is 12.3. The first-order chi connectivity index (χ1) is 20.6. The smallest absolute Gasteiger partial charge is 0.0570 e. The largest absolute Gasteiger partial charge is 0.340 e. The van der Waals surface area contributed by atoms with E-state index in [-0.39, 0.29) is 5.41 Å². The van der Waals surface area contributed by atoms with Crippen LogP contribution in [-0.2, 0) is 11.8 Å². The highest BCUT2D eigenvalue weighted by atomic mass is 15.2. The van der Waals surface area contributed by atoms with Gasteiger partial charge in [-0.15, -0.1) is 0 Å². The van der Waals surface area contributed by atoms with Crippen LogP contribution in [-0.4, -0.2) is 6.54 Å². The van der Waals surface area contributed by atoms with Gasteiger partial charge in [0.2, 0.25) is 0 Å². The minimum absolute atomic E-state index is 0.0739. The Hall–Kier alpha value is -4.88. The van der Waals surface area contributed by atoms with Crippen LogP contribution in [0.4, 0.5) is 11.4 Å². The molecule has 1 aliphatic carbocycles. The molecule has 200 valence electrons. The second-order valence-electron chi connectivity index (χ2n) is 12.4. The number of anilines is 2. The average Bonchev–Trinajstić information content (AvgIpc) is 3.56. The molecular formula is C41H31N. The van der Waals surface area contributed by atoms with Crippen LogP contribution in [0.3, 0.4) is 0 Å². The molecule has 0 amide bonds. The third-order valence-corrected chi connectivity index (χ3v) is 9.92. The van der Waals surface area contributed by atoms with Gasteiger partial charge in [0.1, 0.15) is 0 Å². The molecule has 1 nitrogen and oxygen atoms in total. The van der Waals surface area contributed by atoms with E-state index in [9.17, 15) is 0 Å². The van der Waals surface area contributed by atoms with Gasteiger partial charge in [-0.05, 0) is 79.0 Å². The van der Waals surface area contributed by atoms with Crippen molar-refractivity contribution in [3.8, 4) is 22.3 Å². The Bertz CT molecular complexity index is 2180. The quantitative estimate of drug-likeness (QED) is 0.198. The number of benzene rings is 7. The molecule has 0 bridgehead atoms. The van der Waals surface area contributed by atoms with E-state index in [0.717, 1.165) is 13.0 Å². The summed E-state index contributed by atoms with van der Waals surface area (Å²) in [7, 11) is 0. The van der Waals surface area contributed by atoms with Crippen LogP contribution in [0, 0.1) is 0 Å². The van der Waals surface area contributed by atoms with Gasteiger partial charge in [-0.2, -0.15) is 0 Å². The van der Waals surface area contributed by atoms with E-state index in [1.165, 1.54) is 82.6 Å². The molecule has 7 aromatic carbocycles. The van der Waals surface area contributed by atoms with Crippen LogP contribution in [0.5, 0.6) is 0 Å². The Morgan fingerprint density at radius 3 is 1.76 bits per heavy atom. The fourth-order valence-electron chi connectivity index (χ4n) is 8.01. The highest BCUT2D eigenvalue weighted by Crippen LogP contribution is 2.55. The van der Waals surface area contributed by atoms with Crippen molar-refractivity contribution in [3.63, 3.8) is 0 Å². The molecule has 2 aliphatic rings. The van der Waals surface area contributed by atoms with E-state index < -0.39 is 0 Å². The van der Waals surface area contributed by atoms with Crippen molar-refractivity contribution in [1.82, 2.24) is 0 Å². The van der Waals surface area contributed by atoms with E-state index in [1.807, 2.05) is 0 Å². The van der Waals surface area contributed by atoms with Crippen LogP contribution in [0.1, 0.15) is 30.5 Å². The van der Waals surface area contributed by atoms with E-state index in [4.69, 9.17) is 0 Å². The zero-order valence-corrected chi connectivity index (χ0v) is 24.0. The molecule has 7 aromatic rings. The lowest BCUT2D eigenvalue weighted by Crippen LogP contribution is -2.15. The zero-order valence-electron chi connectivity index (χ0n) is 24.0. The van der Waals surface area contributed by atoms with Crippen LogP contribution in [0.2, 0.25) is 0 Å². The number of hydrogen-bond donors (Lipinski definition) is 0. The maximum Gasteiger partial charge on any atom is 0.0570 e. The average molecular weight is 538 g/mol. The minimum Gasteiger partial charge on any atom is -0.340 e. The van der Waals surface area contributed by atoms with Crippen LogP contribution in [0.15, 0.2) is 127 Å². The normalized spacial score (nSPS) is 14.9. The fraction of sp³-hybridized carbons (Fsp3) is 0.122. The predicted octanol–water partition coefficient (Wildman–Crippen LogP) is 10.8. The van der Waals surface area contributed by atoms with Gasteiger partial charge < -0.3 is 4.90 Å². The van der Waals surface area contributed by atoms with Gasteiger partial charge in [-0.25, -0.2) is 0 Å². The van der Waals surface area contributed by atoms with Crippen molar-refractivity contribution in [3.05, 3.63) is 144 Å². The summed E-state index contributed by atoms with van der Waals surface area (Å²) in [5.74, 6) is 0. The van der Waals surface area contributed by atoms with E-state index >= 15 is 0 Å². The molecule has 0 spiro atoms. The molecule has 0 saturated carbocycles. The van der Waals surface area contributed by atoms with Crippen molar-refractivity contribution in [1.29, 1.82) is 0 Å². The summed E-state index contributed by atoms with van der Waals surface area (Å²) >= 11 is 0. The molecule has 0 saturated heterocycles. The van der Waals surface area contributed by atoms with E-state index in [0.29, 0.717) is 0 Å². The molecule has 1 heterocycles. The van der Waals surface area contributed by atoms with Crippen molar-refractivity contribution in [2.24, 2.45) is 0 Å². The van der Waals surface area contributed by atoms with E-state index in [1.54, 1.807) is 0 Å². The van der Waals surface area contributed by atoms with Crippen molar-refractivity contribution in [2.45, 2.75) is 25.7 Å². The van der Waals surface area contributed by atoms with Crippen LogP contribution >= 0.6 is 0 Å². The van der Waals surface area contributed by atoms with E-state index in [2.05, 4.69) is 146 Å². The molecular weight excluding hydrogens is 506 g/mol. The first-order valence-corrected chi connectivity index (χ1v) is 15.1. The van der Waals surface area contributed by atoms with Gasteiger partial charge in [0.15, 0.2) is 0 Å². The Balaban J connectivity index is 1.42. The van der Waals surface area contributed by atoms with Gasteiger partial charge in [0, 0.05) is 28.4 Å². The highest BCUT2D eigenvalue weighted by Gasteiger charge is 2.37. The molecule has 1 heteroatoms. The summed E-state index contributed by atoms with van der Waals surface area (Å²) in [5, 5.41) is 7.92. The summed E-state index contributed by atoms with van der Waals surface area (Å²) < 4.78 is 0. The number of para-hydroxylation sites is 1. The molecule has 0 unspecified atom stereocenters. The van der Waals surface area contributed by atoms with Crippen molar-refractivity contribution < 1.29 is 0 Å². The SMILES string of the molecule is CC1(C)c2ccccc2-c2c1cc(-c1c3ccccc3c(N3CCc4ccccc43)c3ccccc13)c1ccccc21. The second kappa shape index (κ2) is 8.57. The topological polar surface area (TPSA) is 3.24 Å². The maximum atomic E-state index is 2.56. The predicted molar refractivity (Wildman–Crippen MR) is 179 cm³/mol. The first-order valence-electron chi connectivity index (χ1n) is 15.1. The van der Waals surface area contributed by atoms with Gasteiger partial charge in [0.05, 0.1) is 5.69 Å². The Kier molecular flexibility index (Phi) is 4.85. The number of fused-ring (bicyclic) bond motifs is 8. The standard InChI is InChI=1S/C41H31N/c1-41(2)35-21-11-10-20-33(35)39-28-15-5-4-14-27(28)34(25-36(39)41)38-29-16-6-8-18-31(29)40(32-19-9-7-17-30(32)38)42-24-23-26-13-3-12-22-37(26)42/h3-22,25H,23-24H2,1-2H3. The summed E-state index contributed by atoms with van der Waals surface area (Å²) in [6, 6.07) is 47.6. The van der Waals surface area contributed by atoms with Crippen LogP contribution in [0.25, 0.3) is 54.6 Å². The minimum atomic E-state index is -0.0739. The monoisotopic (exact) mass is 537 g/mol. The molecule has 9 rings (SSSR count). The summed E-state index contributed by atoms with van der Waals surface area (Å²) in [6.07, 6.45) is 1.08. The Morgan fingerprint density at radius 1 is 0.500 bits per heavy atom. The molecule has 0 aromatic heterocycles. The molecule has 0 N–H and O–H groups in total. The maximum absolute atomic E-state index is 2.56. The van der Waals surface area contributed by atoms with Gasteiger partial charge in [0.25, 0.3) is 0 Å². The molecule has 0 fully saturated rings. The molecule has 0 radical (unpaired) electrons. The lowest BCUT2D eigenvalue weighted by Gasteiger charge is -2.27. The number of nitrogens with zero attached hydrogens (tertiary/aromatic N) is 1. The number of rotatable bonds is 2. The van der Waals surface area contributed by atoms with Gasteiger partial charge in [-0.3, -0.25) is 0 Å². The number of hydrogen-bond acceptors (Lipinski definition) is 1. The van der Waals surface area contributed by atoms with Gasteiger partial charge >= 0.3 is 0 Å². The lowest BCUT2D eigenvalue weighted by atomic mass is 9.79. The lowest BCUT2D eigenvalue weighted by molar-refractivity contribution is 0.661. The Morgan fingerprint density at radius 2 is 1.05 bits per heavy atom. The molecule has 42 heavy (non-hydrogen) atoms. The molecule has 0 atom stereocenters. The van der Waals surface area contributed by atoms with Crippen LogP contribution < -0.4 is 4.90 Å². The summed E-state index contributed by atoms with van der Waals surface area (Å²) in [4.78, 5) is 2.56. The van der Waals surface area contributed by atoms with Crippen molar-refractivity contribution >= 4 is 43.7 Å². The zero-order chi connectivity index (χ0) is 28.0. The van der Waals surface area contributed by atoms with Crippen molar-refractivity contribution in [2.75, 3.05) is 11.4 Å². The van der Waals surface area contributed by atoms with Gasteiger partial charge in [-0.1, -0.05) is 129 Å². The molecule has 1 aliphatic heterocycles.